The number of carbonyl (C=O) groups is 4. The van der Waals surface area contributed by atoms with Crippen LogP contribution in [0.3, 0.4) is 0 Å². The molecule has 0 radical (unpaired) electrons. The van der Waals surface area contributed by atoms with E-state index >= 15 is 0 Å². The number of carbonyl (C=O) groups excluding carboxylic acids is 4. The van der Waals surface area contributed by atoms with Gasteiger partial charge in [-0.05, 0) is 35.7 Å². The van der Waals surface area contributed by atoms with Gasteiger partial charge >= 0.3 is 12.3 Å². The fraction of sp³-hybridized carbons (Fsp3) is 0.304. The second kappa shape index (κ2) is 9.21. The zero-order valence-corrected chi connectivity index (χ0v) is 18.3. The molecule has 2 heterocycles. The number of alkyl halides is 5. The predicted molar refractivity (Wildman–Crippen MR) is 111 cm³/mol. The number of halogens is 5. The van der Waals surface area contributed by atoms with E-state index < -0.39 is 59.8 Å². The van der Waals surface area contributed by atoms with Gasteiger partial charge < -0.3 is 15.0 Å². The minimum atomic E-state index is -5.23. The van der Waals surface area contributed by atoms with Crippen LogP contribution in [0.15, 0.2) is 42.5 Å². The van der Waals surface area contributed by atoms with E-state index in [1.165, 1.54) is 23.1 Å². The highest BCUT2D eigenvalue weighted by Crippen LogP contribution is 2.37. The van der Waals surface area contributed by atoms with E-state index in [9.17, 15) is 41.1 Å². The fourth-order valence-electron chi connectivity index (χ4n) is 4.09. The maximum atomic E-state index is 14.7. The third-order valence-corrected chi connectivity index (χ3v) is 5.78. The summed E-state index contributed by atoms with van der Waals surface area (Å²) in [6.45, 7) is -0.364. The van der Waals surface area contributed by atoms with Crippen molar-refractivity contribution in [1.29, 1.82) is 0 Å². The van der Waals surface area contributed by atoms with Gasteiger partial charge in [-0.15, -0.1) is 13.2 Å². The van der Waals surface area contributed by atoms with Crippen molar-refractivity contribution < 1.29 is 45.9 Å². The minimum Gasteiger partial charge on any atom is -0.405 e. The van der Waals surface area contributed by atoms with Gasteiger partial charge in [-0.25, -0.2) is 0 Å². The molecule has 8 nitrogen and oxygen atoms in total. The smallest absolute Gasteiger partial charge is 0.405 e. The lowest BCUT2D eigenvalue weighted by molar-refractivity contribution is -0.275. The van der Waals surface area contributed by atoms with Crippen LogP contribution >= 0.6 is 0 Å². The van der Waals surface area contributed by atoms with Crippen molar-refractivity contribution in [2.45, 2.75) is 44.3 Å². The van der Waals surface area contributed by atoms with Gasteiger partial charge in [0, 0.05) is 25.1 Å². The van der Waals surface area contributed by atoms with Crippen molar-refractivity contribution in [3.8, 4) is 5.75 Å². The number of piperidine rings is 1. The molecule has 2 aromatic carbocycles. The molecule has 0 aromatic heterocycles. The Morgan fingerprint density at radius 1 is 1.08 bits per heavy atom. The minimum absolute atomic E-state index is 0.0422. The highest BCUT2D eigenvalue weighted by molar-refractivity contribution is 6.05. The molecule has 0 spiro atoms. The summed E-state index contributed by atoms with van der Waals surface area (Å²) < 4.78 is 70.7. The summed E-state index contributed by atoms with van der Waals surface area (Å²) in [7, 11) is 0. The van der Waals surface area contributed by atoms with E-state index in [4.69, 9.17) is 0 Å². The molecule has 4 rings (SSSR count). The van der Waals surface area contributed by atoms with Gasteiger partial charge in [0.25, 0.3) is 11.8 Å². The van der Waals surface area contributed by atoms with Crippen LogP contribution in [0.25, 0.3) is 0 Å². The number of ether oxygens (including phenoxy) is 1. The first-order valence-electron chi connectivity index (χ1n) is 10.6. The number of nitrogens with one attached hydrogen (secondary N) is 2. The zero-order chi connectivity index (χ0) is 26.3. The number of nitrogens with zero attached hydrogens (tertiary/aromatic N) is 1. The third-order valence-electron chi connectivity index (χ3n) is 5.78. The predicted octanol–water partition coefficient (Wildman–Crippen LogP) is 2.75. The fourth-order valence-corrected chi connectivity index (χ4v) is 4.09. The summed E-state index contributed by atoms with van der Waals surface area (Å²) in [5.74, 6) is -8.82. The van der Waals surface area contributed by atoms with Crippen LogP contribution in [0.2, 0.25) is 0 Å². The van der Waals surface area contributed by atoms with Crippen molar-refractivity contribution in [3.05, 3.63) is 64.7 Å². The molecule has 1 unspecified atom stereocenters. The highest BCUT2D eigenvalue weighted by atomic mass is 19.4. The van der Waals surface area contributed by atoms with Crippen molar-refractivity contribution in [1.82, 2.24) is 15.5 Å². The van der Waals surface area contributed by atoms with Gasteiger partial charge in [0.1, 0.15) is 11.8 Å². The molecule has 190 valence electrons. The molecule has 13 heteroatoms. The first-order chi connectivity index (χ1) is 16.9. The number of imide groups is 1. The van der Waals surface area contributed by atoms with Crippen LogP contribution in [0, 0.1) is 0 Å². The van der Waals surface area contributed by atoms with E-state index in [1.807, 2.05) is 5.32 Å². The number of rotatable bonds is 6. The normalized spacial score (nSPS) is 18.1. The Hall–Kier alpha value is -4.03. The molecular formula is C23H18F5N3O5. The lowest BCUT2D eigenvalue weighted by Gasteiger charge is -2.29. The molecule has 4 amide bonds. The maximum Gasteiger partial charge on any atom is 0.573 e. The second-order valence-corrected chi connectivity index (χ2v) is 8.19. The Bertz CT molecular complexity index is 1250. The van der Waals surface area contributed by atoms with Crippen LogP contribution < -0.4 is 15.4 Å². The number of para-hydroxylation sites is 1. The van der Waals surface area contributed by atoms with Crippen molar-refractivity contribution in [2.24, 2.45) is 0 Å². The zero-order valence-electron chi connectivity index (χ0n) is 18.3. The van der Waals surface area contributed by atoms with Crippen LogP contribution in [0.1, 0.15) is 39.9 Å². The van der Waals surface area contributed by atoms with Crippen LogP contribution in [-0.2, 0) is 33.4 Å². The second-order valence-electron chi connectivity index (χ2n) is 8.19. The van der Waals surface area contributed by atoms with Crippen molar-refractivity contribution in [2.75, 3.05) is 0 Å². The molecule has 2 aliphatic heterocycles. The monoisotopic (exact) mass is 511 g/mol. The Morgan fingerprint density at radius 2 is 1.81 bits per heavy atom. The Morgan fingerprint density at radius 3 is 2.50 bits per heavy atom. The molecule has 2 aromatic rings. The van der Waals surface area contributed by atoms with Crippen LogP contribution in [0.5, 0.6) is 5.75 Å². The Balaban J connectivity index is 1.45. The molecular weight excluding hydrogens is 493 g/mol. The van der Waals surface area contributed by atoms with Crippen molar-refractivity contribution >= 4 is 23.6 Å². The van der Waals surface area contributed by atoms with Gasteiger partial charge in [-0.1, -0.05) is 24.3 Å². The van der Waals surface area contributed by atoms with Crippen LogP contribution in [0.4, 0.5) is 22.0 Å². The van der Waals surface area contributed by atoms with Gasteiger partial charge in [0.05, 0.1) is 5.56 Å². The van der Waals surface area contributed by atoms with Crippen molar-refractivity contribution in [3.63, 3.8) is 0 Å². The Kier molecular flexibility index (Phi) is 6.41. The molecule has 2 aliphatic rings. The average Bonchev–Trinajstić information content (AvgIpc) is 3.12. The average molecular weight is 511 g/mol. The van der Waals surface area contributed by atoms with Crippen LogP contribution in [-0.4, -0.2) is 40.9 Å². The van der Waals surface area contributed by atoms with E-state index in [1.54, 1.807) is 0 Å². The lowest BCUT2D eigenvalue weighted by atomic mass is 10.0. The quantitative estimate of drug-likeness (QED) is 0.459. The summed E-state index contributed by atoms with van der Waals surface area (Å²) in [6.07, 6.45) is -4.98. The third kappa shape index (κ3) is 4.99. The summed E-state index contributed by atoms with van der Waals surface area (Å²) in [4.78, 5) is 49.8. The van der Waals surface area contributed by atoms with Gasteiger partial charge in [0.15, 0.2) is 0 Å². The van der Waals surface area contributed by atoms with E-state index in [0.717, 1.165) is 12.1 Å². The van der Waals surface area contributed by atoms with E-state index in [0.29, 0.717) is 28.8 Å². The Labute approximate surface area is 200 Å². The first kappa shape index (κ1) is 25.1. The maximum absolute atomic E-state index is 14.7. The van der Waals surface area contributed by atoms with E-state index in [2.05, 4.69) is 10.1 Å². The number of hydrogen-bond acceptors (Lipinski definition) is 5. The molecule has 0 saturated carbocycles. The number of benzene rings is 2. The summed E-state index contributed by atoms with van der Waals surface area (Å²) in [5.41, 5.74) is -0.125. The number of amides is 4. The van der Waals surface area contributed by atoms with Gasteiger partial charge in [0.2, 0.25) is 11.8 Å². The SMILES string of the molecule is O=C1CCC(N2Cc3cc(CNC(=O)C(F)(F)c4ccccc4OC(F)(F)F)ccc3C2=O)C(=O)N1. The molecule has 36 heavy (non-hydrogen) atoms. The molecule has 0 aliphatic carbocycles. The highest BCUT2D eigenvalue weighted by Gasteiger charge is 2.45. The number of fused-ring (bicyclic) bond motifs is 1. The molecule has 2 N–H and O–H groups in total. The van der Waals surface area contributed by atoms with Gasteiger partial charge in [-0.3, -0.25) is 24.5 Å². The molecule has 1 atom stereocenters. The molecule has 1 saturated heterocycles. The van der Waals surface area contributed by atoms with Gasteiger partial charge in [-0.2, -0.15) is 8.78 Å². The standard InChI is InChI=1S/C23H18F5N3O5/c24-22(25,15-3-1-2-4-17(15)36-23(26,27)28)21(35)29-10-12-5-6-14-13(9-12)11-31(20(14)34)16-7-8-18(32)30-19(16)33/h1-6,9,16H,7-8,10-11H2,(H,29,35)(H,30,32,33). The van der Waals surface area contributed by atoms with E-state index in [-0.39, 0.29) is 19.4 Å². The first-order valence-corrected chi connectivity index (χ1v) is 10.6. The summed E-state index contributed by atoms with van der Waals surface area (Å²) in [5, 5.41) is 4.17. The topological polar surface area (TPSA) is 105 Å². The summed E-state index contributed by atoms with van der Waals surface area (Å²) in [6, 6.07) is 6.95. The summed E-state index contributed by atoms with van der Waals surface area (Å²) >= 11 is 0. The molecule has 0 bridgehead atoms. The molecule has 1 fully saturated rings. The number of hydrogen-bond donors (Lipinski definition) is 2. The largest absolute Gasteiger partial charge is 0.573 e. The lowest BCUT2D eigenvalue weighted by Crippen LogP contribution is -2.52.